The van der Waals surface area contributed by atoms with Crippen LogP contribution in [0.25, 0.3) is 5.76 Å². The third kappa shape index (κ3) is 3.37. The molecule has 4 rings (SSSR count). The molecule has 0 bridgehead atoms. The van der Waals surface area contributed by atoms with Crippen LogP contribution in [0.5, 0.6) is 5.75 Å². The van der Waals surface area contributed by atoms with Gasteiger partial charge in [-0.05, 0) is 42.7 Å². The molecular weight excluding hydrogens is 364 g/mol. The second-order valence-corrected chi connectivity index (χ2v) is 7.53. The van der Waals surface area contributed by atoms with Gasteiger partial charge in [-0.2, -0.15) is 0 Å². The van der Waals surface area contributed by atoms with Crippen molar-refractivity contribution >= 4 is 11.8 Å². The van der Waals surface area contributed by atoms with Crippen LogP contribution in [0.15, 0.2) is 72.8 Å². The highest BCUT2D eigenvalue weighted by molar-refractivity contribution is 5.79. The van der Waals surface area contributed by atoms with Gasteiger partial charge in [0.25, 0.3) is 0 Å². The Morgan fingerprint density at radius 2 is 1.90 bits per heavy atom. The van der Waals surface area contributed by atoms with Gasteiger partial charge in [0.2, 0.25) is 0 Å². The summed E-state index contributed by atoms with van der Waals surface area (Å²) in [5, 5.41) is 0. The van der Waals surface area contributed by atoms with Crippen molar-refractivity contribution in [3.05, 3.63) is 84.0 Å². The molecule has 0 unspecified atom stereocenters. The number of likely N-dealkylation sites (N-methyl/N-ethyl adjacent to an activating group) is 1. The van der Waals surface area contributed by atoms with Gasteiger partial charge in [0.05, 0.1) is 19.2 Å². The molecule has 5 heteroatoms. The van der Waals surface area contributed by atoms with Gasteiger partial charge >= 0.3 is 6.03 Å². The number of hydrogen-bond donors (Lipinski definition) is 0. The molecule has 0 aromatic heterocycles. The summed E-state index contributed by atoms with van der Waals surface area (Å²) in [4.78, 5) is 16.8. The lowest BCUT2D eigenvalue weighted by atomic mass is 9.98. The minimum atomic E-state index is -0.522. The van der Waals surface area contributed by atoms with Crippen LogP contribution in [0.1, 0.15) is 30.5 Å². The van der Waals surface area contributed by atoms with E-state index in [0.717, 1.165) is 28.2 Å². The molecule has 2 aliphatic rings. The molecule has 2 amide bonds. The summed E-state index contributed by atoms with van der Waals surface area (Å²) in [6.45, 7) is 6.28. The van der Waals surface area contributed by atoms with E-state index in [0.29, 0.717) is 6.42 Å². The third-order valence-electron chi connectivity index (χ3n) is 5.78. The highest BCUT2D eigenvalue weighted by Gasteiger charge is 2.47. The van der Waals surface area contributed by atoms with Crippen LogP contribution in [0.3, 0.4) is 0 Å². The van der Waals surface area contributed by atoms with Gasteiger partial charge in [0.1, 0.15) is 11.5 Å². The smallest absolute Gasteiger partial charge is 0.323 e. The molecule has 2 aromatic carbocycles. The van der Waals surface area contributed by atoms with Gasteiger partial charge < -0.3 is 14.4 Å². The molecule has 0 N–H and O–H groups in total. The Morgan fingerprint density at radius 3 is 2.62 bits per heavy atom. The standard InChI is InChI=1S/C24H26N2O3/c1-16-13-14-21(19-11-8-12-20(15-19)28-4)29-23(16)26-22(17(2)25(3)24(26)27)18-9-6-5-7-10-18/h5-12,14-15,17,22-23H,1,13H2,2-4H3/t17-,22-,23-/m0/s1. The van der Waals surface area contributed by atoms with Gasteiger partial charge in [-0.3, -0.25) is 4.90 Å². The molecule has 0 aliphatic carbocycles. The molecule has 3 atom stereocenters. The third-order valence-corrected chi connectivity index (χ3v) is 5.78. The van der Waals surface area contributed by atoms with Crippen molar-refractivity contribution in [3.63, 3.8) is 0 Å². The first-order chi connectivity index (χ1) is 14.0. The maximum Gasteiger partial charge on any atom is 0.323 e. The van der Waals surface area contributed by atoms with Crippen molar-refractivity contribution in [2.75, 3.05) is 14.2 Å². The number of hydrogen-bond acceptors (Lipinski definition) is 3. The zero-order valence-corrected chi connectivity index (χ0v) is 17.0. The van der Waals surface area contributed by atoms with Gasteiger partial charge in [-0.1, -0.05) is 49.0 Å². The Morgan fingerprint density at radius 1 is 1.14 bits per heavy atom. The van der Waals surface area contributed by atoms with Crippen molar-refractivity contribution in [1.82, 2.24) is 9.80 Å². The van der Waals surface area contributed by atoms with Crippen LogP contribution < -0.4 is 4.74 Å². The van der Waals surface area contributed by atoms with E-state index in [1.807, 2.05) is 60.5 Å². The summed E-state index contributed by atoms with van der Waals surface area (Å²) in [7, 11) is 3.48. The van der Waals surface area contributed by atoms with Crippen LogP contribution >= 0.6 is 0 Å². The monoisotopic (exact) mass is 390 g/mol. The van der Waals surface area contributed by atoms with E-state index in [1.165, 1.54) is 0 Å². The van der Waals surface area contributed by atoms with E-state index >= 15 is 0 Å². The number of methoxy groups -OCH3 is 1. The van der Waals surface area contributed by atoms with Crippen molar-refractivity contribution < 1.29 is 14.3 Å². The lowest BCUT2D eigenvalue weighted by Crippen LogP contribution is -2.43. The van der Waals surface area contributed by atoms with E-state index < -0.39 is 6.23 Å². The molecule has 29 heavy (non-hydrogen) atoms. The average Bonchev–Trinajstić information content (AvgIpc) is 2.98. The molecule has 0 spiro atoms. The number of amides is 2. The minimum Gasteiger partial charge on any atom is -0.497 e. The molecule has 5 nitrogen and oxygen atoms in total. The van der Waals surface area contributed by atoms with E-state index in [9.17, 15) is 4.79 Å². The van der Waals surface area contributed by atoms with Crippen LogP contribution in [0.2, 0.25) is 0 Å². The number of benzene rings is 2. The fourth-order valence-electron chi connectivity index (χ4n) is 4.05. The summed E-state index contributed by atoms with van der Waals surface area (Å²) in [5.41, 5.74) is 2.88. The van der Waals surface area contributed by atoms with Crippen LogP contribution in [-0.4, -0.2) is 42.3 Å². The van der Waals surface area contributed by atoms with E-state index in [4.69, 9.17) is 9.47 Å². The summed E-state index contributed by atoms with van der Waals surface area (Å²) >= 11 is 0. The first-order valence-electron chi connectivity index (χ1n) is 9.80. The Balaban J connectivity index is 1.69. The molecule has 1 saturated heterocycles. The quantitative estimate of drug-likeness (QED) is 0.702. The fraction of sp³-hybridized carbons (Fsp3) is 0.292. The van der Waals surface area contributed by atoms with Gasteiger partial charge in [0, 0.05) is 12.6 Å². The highest BCUT2D eigenvalue weighted by Crippen LogP contribution is 2.41. The second kappa shape index (κ2) is 7.66. The van der Waals surface area contributed by atoms with Crippen molar-refractivity contribution in [2.24, 2.45) is 0 Å². The average molecular weight is 390 g/mol. The maximum absolute atomic E-state index is 13.2. The van der Waals surface area contributed by atoms with E-state index in [-0.39, 0.29) is 18.1 Å². The Kier molecular flexibility index (Phi) is 5.05. The SMILES string of the molecule is C=C1CC=C(c2cccc(OC)c2)O[C@@H]1N1C(=O)N(C)[C@@H](C)[C@H]1c1ccccc1. The molecular formula is C24H26N2O3. The first kappa shape index (κ1) is 19.1. The number of carbonyl (C=O) groups is 1. The predicted octanol–water partition coefficient (Wildman–Crippen LogP) is 4.84. The molecule has 1 fully saturated rings. The Hall–Kier alpha value is -3.21. The predicted molar refractivity (Wildman–Crippen MR) is 113 cm³/mol. The molecule has 2 aromatic rings. The molecule has 150 valence electrons. The summed E-state index contributed by atoms with van der Waals surface area (Å²) < 4.78 is 11.7. The number of carbonyl (C=O) groups excluding carboxylic acids is 1. The number of urea groups is 1. The zero-order valence-electron chi connectivity index (χ0n) is 17.0. The number of allylic oxidation sites excluding steroid dienone is 1. The van der Waals surface area contributed by atoms with Crippen LogP contribution in [0, 0.1) is 0 Å². The van der Waals surface area contributed by atoms with Gasteiger partial charge in [-0.15, -0.1) is 0 Å². The van der Waals surface area contributed by atoms with E-state index in [1.54, 1.807) is 12.0 Å². The fourth-order valence-corrected chi connectivity index (χ4v) is 4.05. The largest absolute Gasteiger partial charge is 0.497 e. The van der Waals surface area contributed by atoms with Crippen molar-refractivity contribution in [2.45, 2.75) is 31.7 Å². The number of nitrogens with zero attached hydrogens (tertiary/aromatic N) is 2. The highest BCUT2D eigenvalue weighted by atomic mass is 16.5. The number of ether oxygens (including phenoxy) is 2. The minimum absolute atomic E-state index is 0.0208. The molecule has 0 saturated carbocycles. The van der Waals surface area contributed by atoms with Gasteiger partial charge in [-0.25, -0.2) is 4.79 Å². The lowest BCUT2D eigenvalue weighted by molar-refractivity contribution is 0.0383. The number of rotatable bonds is 4. The summed E-state index contributed by atoms with van der Waals surface area (Å²) in [6.07, 6.45) is 2.14. The first-order valence-corrected chi connectivity index (χ1v) is 9.80. The Bertz CT molecular complexity index is 954. The lowest BCUT2D eigenvalue weighted by Gasteiger charge is -2.37. The Labute approximate surface area is 171 Å². The second-order valence-electron chi connectivity index (χ2n) is 7.53. The molecule has 2 aliphatic heterocycles. The topological polar surface area (TPSA) is 42.0 Å². The van der Waals surface area contributed by atoms with Crippen LogP contribution in [0.4, 0.5) is 4.79 Å². The summed E-state index contributed by atoms with van der Waals surface area (Å²) in [5.74, 6) is 1.50. The van der Waals surface area contributed by atoms with Crippen molar-refractivity contribution in [3.8, 4) is 5.75 Å². The molecule has 2 heterocycles. The van der Waals surface area contributed by atoms with Crippen molar-refractivity contribution in [1.29, 1.82) is 0 Å². The van der Waals surface area contributed by atoms with E-state index in [2.05, 4.69) is 25.6 Å². The normalized spacial score (nSPS) is 24.4. The summed E-state index contributed by atoms with van der Waals surface area (Å²) in [6, 6.07) is 17.7. The maximum atomic E-state index is 13.2. The van der Waals surface area contributed by atoms with Crippen LogP contribution in [-0.2, 0) is 4.74 Å². The van der Waals surface area contributed by atoms with Gasteiger partial charge in [0.15, 0.2) is 6.23 Å². The molecule has 0 radical (unpaired) electrons. The zero-order chi connectivity index (χ0) is 20.5.